The maximum absolute atomic E-state index is 15.0. The molecule has 2 aromatic rings. The minimum atomic E-state index is -4.69. The van der Waals surface area contributed by atoms with Crippen molar-refractivity contribution in [3.05, 3.63) is 64.2 Å². The lowest BCUT2D eigenvalue weighted by Gasteiger charge is -2.34. The summed E-state index contributed by atoms with van der Waals surface area (Å²) in [4.78, 5) is 14.4. The van der Waals surface area contributed by atoms with E-state index >= 15 is 4.39 Å². The second-order valence-electron chi connectivity index (χ2n) is 10.2. The summed E-state index contributed by atoms with van der Waals surface area (Å²) >= 11 is 0. The third kappa shape index (κ3) is 6.36. The van der Waals surface area contributed by atoms with Gasteiger partial charge in [0.2, 0.25) is 0 Å². The molecular formula is C26H28F5N3O4S. The molecule has 2 heterocycles. The molecule has 3 fully saturated rings. The summed E-state index contributed by atoms with van der Waals surface area (Å²) in [7, 11) is -4.05. The van der Waals surface area contributed by atoms with Gasteiger partial charge in [0.1, 0.15) is 23.5 Å². The topological polar surface area (TPSA) is 79.0 Å². The molecule has 1 N–H and O–H groups in total. The zero-order chi connectivity index (χ0) is 27.9. The molecule has 1 atom stereocenters. The summed E-state index contributed by atoms with van der Waals surface area (Å²) in [5.74, 6) is -2.68. The van der Waals surface area contributed by atoms with Crippen LogP contribution < -0.4 is 9.46 Å². The van der Waals surface area contributed by atoms with Gasteiger partial charge in [-0.1, -0.05) is 6.07 Å². The molecule has 39 heavy (non-hydrogen) atoms. The number of ether oxygens (including phenoxy) is 1. The Bertz CT molecular complexity index is 1360. The highest BCUT2D eigenvalue weighted by molar-refractivity contribution is 7.87. The van der Waals surface area contributed by atoms with Crippen molar-refractivity contribution < 1.29 is 39.9 Å². The molecule has 3 aliphatic rings. The fourth-order valence-corrected chi connectivity index (χ4v) is 6.16. The van der Waals surface area contributed by atoms with Crippen LogP contribution in [-0.2, 0) is 22.9 Å². The van der Waals surface area contributed by atoms with Crippen molar-refractivity contribution in [2.45, 2.75) is 56.8 Å². The average Bonchev–Trinajstić information content (AvgIpc) is 3.63. The lowest BCUT2D eigenvalue weighted by molar-refractivity contribution is -0.138. The van der Waals surface area contributed by atoms with Crippen LogP contribution in [0.25, 0.3) is 0 Å². The Kier molecular flexibility index (Phi) is 7.59. The molecule has 0 bridgehead atoms. The highest BCUT2D eigenvalue weighted by atomic mass is 32.2. The van der Waals surface area contributed by atoms with Gasteiger partial charge < -0.3 is 4.74 Å². The molecule has 2 aliphatic heterocycles. The summed E-state index contributed by atoms with van der Waals surface area (Å²) in [6.45, 7) is 1.33. The fourth-order valence-electron chi connectivity index (χ4n) is 4.95. The lowest BCUT2D eigenvalue weighted by Crippen LogP contribution is -2.49. The molecule has 2 saturated heterocycles. The zero-order valence-electron chi connectivity index (χ0n) is 20.9. The molecule has 212 valence electrons. The number of rotatable bonds is 8. The molecule has 1 amide bonds. The third-order valence-electron chi connectivity index (χ3n) is 7.27. The van der Waals surface area contributed by atoms with Crippen LogP contribution in [0.1, 0.15) is 65.1 Å². The lowest BCUT2D eigenvalue weighted by atomic mass is 10.0. The van der Waals surface area contributed by atoms with Gasteiger partial charge in [-0.05, 0) is 73.9 Å². The van der Waals surface area contributed by atoms with Crippen LogP contribution >= 0.6 is 0 Å². The van der Waals surface area contributed by atoms with Gasteiger partial charge in [-0.15, -0.1) is 0 Å². The van der Waals surface area contributed by atoms with Crippen molar-refractivity contribution in [3.8, 4) is 5.75 Å². The van der Waals surface area contributed by atoms with Crippen molar-refractivity contribution >= 4 is 16.1 Å². The molecule has 0 spiro atoms. The van der Waals surface area contributed by atoms with Crippen LogP contribution in [0.5, 0.6) is 5.75 Å². The van der Waals surface area contributed by atoms with Crippen molar-refractivity contribution in [1.82, 2.24) is 13.9 Å². The van der Waals surface area contributed by atoms with E-state index in [0.717, 1.165) is 35.3 Å². The van der Waals surface area contributed by atoms with Crippen molar-refractivity contribution in [1.29, 1.82) is 0 Å². The molecule has 13 heteroatoms. The summed E-state index contributed by atoms with van der Waals surface area (Å²) < 4.78 is 103. The average molecular weight is 574 g/mol. The summed E-state index contributed by atoms with van der Waals surface area (Å²) in [5.41, 5.74) is -0.862. The van der Waals surface area contributed by atoms with Crippen molar-refractivity contribution in [2.75, 3.05) is 26.2 Å². The van der Waals surface area contributed by atoms with Crippen LogP contribution in [0.15, 0.2) is 30.3 Å². The number of hydrogen-bond donors (Lipinski definition) is 1. The number of benzene rings is 2. The van der Waals surface area contributed by atoms with E-state index in [1.807, 2.05) is 4.72 Å². The zero-order valence-corrected chi connectivity index (χ0v) is 21.8. The van der Waals surface area contributed by atoms with Gasteiger partial charge in [0.15, 0.2) is 0 Å². The van der Waals surface area contributed by atoms with Gasteiger partial charge in [0.05, 0.1) is 11.1 Å². The fraction of sp³-hybridized carbons (Fsp3) is 0.500. The molecule has 0 aromatic heterocycles. The number of nitrogens with zero attached hydrogens (tertiary/aromatic N) is 2. The number of nitrogens with one attached hydrogen (secondary N) is 1. The minimum Gasteiger partial charge on any atom is -0.489 e. The first-order valence-corrected chi connectivity index (χ1v) is 14.2. The van der Waals surface area contributed by atoms with Gasteiger partial charge in [0, 0.05) is 32.2 Å². The number of carbonyl (C=O) groups is 1. The molecule has 7 nitrogen and oxygen atoms in total. The third-order valence-corrected chi connectivity index (χ3v) is 8.75. The minimum absolute atomic E-state index is 0.0346. The number of halogens is 5. The van der Waals surface area contributed by atoms with E-state index < -0.39 is 51.2 Å². The Labute approximate surface area is 223 Å². The number of amides is 1. The van der Waals surface area contributed by atoms with Crippen LogP contribution in [0, 0.1) is 11.6 Å². The number of hydrogen-bond acceptors (Lipinski definition) is 5. The van der Waals surface area contributed by atoms with E-state index in [1.54, 1.807) is 4.90 Å². The Hall–Kier alpha value is -2.77. The van der Waals surface area contributed by atoms with Gasteiger partial charge in [-0.25, -0.2) is 13.5 Å². The van der Waals surface area contributed by atoms with E-state index in [9.17, 15) is 30.8 Å². The molecule has 1 saturated carbocycles. The van der Waals surface area contributed by atoms with Crippen LogP contribution in [-0.4, -0.2) is 55.8 Å². The molecule has 5 rings (SSSR count). The standard InChI is InChI=1S/C26H28F5N3O4S/c27-18-7-6-17(22(11-18)26(29,30)31)14-33-8-1-3-19(15-33)38-24-13-23(28)21(12-20(24)16-4-5-16)25(35)32-39(36,37)34-9-2-10-34/h6-7,11-13,16,19H,1-5,8-10,14-15H2,(H,32,35). The number of piperidine rings is 1. The number of carbonyl (C=O) groups excluding carboxylic acids is 1. The SMILES string of the molecule is O=C(NS(=O)(=O)N1CCC1)c1cc(C2CC2)c(OC2CCCN(Cc3ccc(F)cc3C(F)(F)F)C2)cc1F. The molecule has 1 unspecified atom stereocenters. The highest BCUT2D eigenvalue weighted by Gasteiger charge is 2.36. The van der Waals surface area contributed by atoms with E-state index in [1.165, 1.54) is 6.07 Å². The van der Waals surface area contributed by atoms with Crippen LogP contribution in [0.4, 0.5) is 22.0 Å². The first-order valence-electron chi connectivity index (χ1n) is 12.8. The van der Waals surface area contributed by atoms with E-state index in [-0.39, 0.29) is 30.3 Å². The van der Waals surface area contributed by atoms with Crippen molar-refractivity contribution in [2.24, 2.45) is 0 Å². The normalized spacial score (nSPS) is 20.9. The predicted octanol–water partition coefficient (Wildman–Crippen LogP) is 4.58. The number of likely N-dealkylation sites (tertiary alicyclic amines) is 1. The number of alkyl halides is 3. The summed E-state index contributed by atoms with van der Waals surface area (Å²) in [6, 6.07) is 5.04. The Morgan fingerprint density at radius 2 is 1.77 bits per heavy atom. The van der Waals surface area contributed by atoms with Crippen LogP contribution in [0.3, 0.4) is 0 Å². The Morgan fingerprint density at radius 3 is 2.41 bits per heavy atom. The second kappa shape index (κ2) is 10.7. The maximum atomic E-state index is 15.0. The van der Waals surface area contributed by atoms with Crippen LogP contribution in [0.2, 0.25) is 0 Å². The predicted molar refractivity (Wildman–Crippen MR) is 131 cm³/mol. The Morgan fingerprint density at radius 1 is 1.03 bits per heavy atom. The Balaban J connectivity index is 1.31. The van der Waals surface area contributed by atoms with Gasteiger partial charge >= 0.3 is 16.4 Å². The molecule has 1 aliphatic carbocycles. The molecular weight excluding hydrogens is 545 g/mol. The first-order chi connectivity index (χ1) is 18.4. The highest BCUT2D eigenvalue weighted by Crippen LogP contribution is 2.45. The molecule has 0 radical (unpaired) electrons. The van der Waals surface area contributed by atoms with E-state index in [4.69, 9.17) is 4.74 Å². The van der Waals surface area contributed by atoms with E-state index in [2.05, 4.69) is 0 Å². The summed E-state index contributed by atoms with van der Waals surface area (Å²) in [6.07, 6.45) is -1.63. The van der Waals surface area contributed by atoms with E-state index in [0.29, 0.717) is 50.5 Å². The second-order valence-corrected chi connectivity index (χ2v) is 11.9. The quantitative estimate of drug-likeness (QED) is 0.468. The monoisotopic (exact) mass is 573 g/mol. The summed E-state index contributed by atoms with van der Waals surface area (Å²) in [5, 5.41) is 0. The maximum Gasteiger partial charge on any atom is 0.416 e. The molecule has 2 aromatic carbocycles. The van der Waals surface area contributed by atoms with Gasteiger partial charge in [-0.3, -0.25) is 9.69 Å². The first kappa shape index (κ1) is 27.8. The smallest absolute Gasteiger partial charge is 0.416 e. The van der Waals surface area contributed by atoms with Gasteiger partial charge in [0.25, 0.3) is 5.91 Å². The largest absolute Gasteiger partial charge is 0.489 e. The van der Waals surface area contributed by atoms with Gasteiger partial charge in [-0.2, -0.15) is 25.9 Å². The van der Waals surface area contributed by atoms with Crippen molar-refractivity contribution in [3.63, 3.8) is 0 Å².